The molecule has 0 fully saturated rings. The van der Waals surface area contributed by atoms with Crippen molar-refractivity contribution in [1.29, 1.82) is 0 Å². The van der Waals surface area contributed by atoms with Crippen molar-refractivity contribution in [2.24, 2.45) is 0 Å². The first kappa shape index (κ1) is 17.0. The number of nitrogens with zero attached hydrogens (tertiary/aromatic N) is 1. The Balaban J connectivity index is 3.28. The molecule has 0 atom stereocenters. The van der Waals surface area contributed by atoms with E-state index in [0.717, 1.165) is 17.9 Å². The van der Waals surface area contributed by atoms with Crippen LogP contribution < -0.4 is 5.48 Å². The third-order valence-corrected chi connectivity index (χ3v) is 3.23. The van der Waals surface area contributed by atoms with E-state index >= 15 is 0 Å². The van der Waals surface area contributed by atoms with E-state index in [1.807, 2.05) is 25.3 Å². The summed E-state index contributed by atoms with van der Waals surface area (Å²) < 4.78 is 7.12. The highest BCUT2D eigenvalue weighted by Crippen LogP contribution is 2.24. The van der Waals surface area contributed by atoms with Crippen molar-refractivity contribution in [2.45, 2.75) is 34.2 Å². The average Bonchev–Trinajstić information content (AvgIpc) is 2.67. The summed E-state index contributed by atoms with van der Waals surface area (Å²) in [6.07, 6.45) is 2.93. The van der Waals surface area contributed by atoms with Crippen molar-refractivity contribution in [3.05, 3.63) is 28.6 Å². The zero-order chi connectivity index (χ0) is 16.0. The number of carbonyl (C=O) groups excluding carboxylic acids is 2. The number of carbonyl (C=O) groups is 2. The molecule has 1 aromatic heterocycles. The lowest BCUT2D eigenvalue weighted by Crippen LogP contribution is -2.18. The Morgan fingerprint density at radius 2 is 1.90 bits per heavy atom. The molecule has 0 aromatic carbocycles. The summed E-state index contributed by atoms with van der Waals surface area (Å²) in [5.41, 5.74) is 5.14. The second kappa shape index (κ2) is 7.64. The number of rotatable bonds is 6. The van der Waals surface area contributed by atoms with Gasteiger partial charge in [-0.25, -0.2) is 10.3 Å². The lowest BCUT2D eigenvalue weighted by molar-refractivity contribution is -0.126. The molecule has 0 unspecified atom stereocenters. The van der Waals surface area contributed by atoms with Crippen molar-refractivity contribution < 1.29 is 19.2 Å². The molecule has 0 saturated carbocycles. The first-order chi connectivity index (χ1) is 9.97. The van der Waals surface area contributed by atoms with Crippen LogP contribution in [0.4, 0.5) is 0 Å². The minimum atomic E-state index is -0.395. The maximum absolute atomic E-state index is 12.1. The summed E-state index contributed by atoms with van der Waals surface area (Å²) in [6, 6.07) is 0. The van der Waals surface area contributed by atoms with Gasteiger partial charge >= 0.3 is 5.97 Å². The predicted octanol–water partition coefficient (Wildman–Crippen LogP) is 1.99. The summed E-state index contributed by atoms with van der Waals surface area (Å²) in [7, 11) is 1.36. The molecule has 0 aliphatic heterocycles. The second-order valence-corrected chi connectivity index (χ2v) is 4.43. The molecule has 1 rings (SSSR count). The van der Waals surface area contributed by atoms with E-state index < -0.39 is 5.91 Å². The Bertz CT molecular complexity index is 559. The van der Waals surface area contributed by atoms with Gasteiger partial charge in [-0.1, -0.05) is 0 Å². The van der Waals surface area contributed by atoms with Gasteiger partial charge in [0, 0.05) is 29.6 Å². The molecule has 21 heavy (non-hydrogen) atoms. The van der Waals surface area contributed by atoms with E-state index in [-0.39, 0.29) is 5.97 Å². The summed E-state index contributed by atoms with van der Waals surface area (Å²) >= 11 is 0. The van der Waals surface area contributed by atoms with Crippen LogP contribution in [-0.2, 0) is 20.9 Å². The maximum Gasteiger partial charge on any atom is 0.340 e. The van der Waals surface area contributed by atoms with Gasteiger partial charge in [-0.2, -0.15) is 0 Å². The van der Waals surface area contributed by atoms with Gasteiger partial charge in [0.15, 0.2) is 0 Å². The summed E-state index contributed by atoms with van der Waals surface area (Å²) in [5, 5.41) is 0. The summed E-state index contributed by atoms with van der Waals surface area (Å²) in [5.74, 6) is -0.772. The van der Waals surface area contributed by atoms with Gasteiger partial charge < -0.3 is 9.30 Å². The molecule has 0 bridgehead atoms. The van der Waals surface area contributed by atoms with E-state index in [9.17, 15) is 9.59 Å². The maximum atomic E-state index is 12.1. The molecular weight excluding hydrogens is 272 g/mol. The molecule has 6 heteroatoms. The molecule has 0 radical (unpaired) electrons. The number of aromatic nitrogens is 1. The second-order valence-electron chi connectivity index (χ2n) is 4.43. The fraction of sp³-hybridized carbons (Fsp3) is 0.467. The Morgan fingerprint density at radius 1 is 1.24 bits per heavy atom. The molecular formula is C15H22N2O4. The van der Waals surface area contributed by atoms with E-state index in [1.54, 1.807) is 13.0 Å². The number of hydrogen-bond acceptors (Lipinski definition) is 4. The van der Waals surface area contributed by atoms with E-state index in [0.29, 0.717) is 17.7 Å². The Kier molecular flexibility index (Phi) is 6.17. The molecule has 0 spiro atoms. The van der Waals surface area contributed by atoms with Crippen LogP contribution in [0.5, 0.6) is 0 Å². The molecule has 1 amide bonds. The van der Waals surface area contributed by atoms with Crippen LogP contribution in [0.3, 0.4) is 0 Å². The zero-order valence-electron chi connectivity index (χ0n) is 13.1. The minimum absolute atomic E-state index is 0.307. The minimum Gasteiger partial charge on any atom is -0.462 e. The first-order valence-electron chi connectivity index (χ1n) is 6.85. The van der Waals surface area contributed by atoms with E-state index in [2.05, 4.69) is 10.3 Å². The third kappa shape index (κ3) is 3.72. The van der Waals surface area contributed by atoms with Crippen molar-refractivity contribution in [1.82, 2.24) is 10.0 Å². The normalized spacial score (nSPS) is 10.9. The van der Waals surface area contributed by atoms with Gasteiger partial charge in [0.2, 0.25) is 0 Å². The SMILES string of the molecule is CCOC(=O)c1c(/C=C/C(=O)NOC)c(C)n(CC)c1C. The fourth-order valence-corrected chi connectivity index (χ4v) is 2.34. The van der Waals surface area contributed by atoms with Gasteiger partial charge in [-0.05, 0) is 33.8 Å². The van der Waals surface area contributed by atoms with Gasteiger partial charge in [0.05, 0.1) is 19.3 Å². The highest BCUT2D eigenvalue weighted by molar-refractivity contribution is 5.98. The van der Waals surface area contributed by atoms with Gasteiger partial charge in [0.1, 0.15) is 0 Å². The number of esters is 1. The molecule has 1 N–H and O–H groups in total. The van der Waals surface area contributed by atoms with Crippen molar-refractivity contribution in [3.8, 4) is 0 Å². The molecule has 1 heterocycles. The van der Waals surface area contributed by atoms with Crippen molar-refractivity contribution in [2.75, 3.05) is 13.7 Å². The van der Waals surface area contributed by atoms with E-state index in [4.69, 9.17) is 4.74 Å². The van der Waals surface area contributed by atoms with Crippen LogP contribution >= 0.6 is 0 Å². The third-order valence-electron chi connectivity index (χ3n) is 3.23. The fourth-order valence-electron chi connectivity index (χ4n) is 2.34. The topological polar surface area (TPSA) is 69.6 Å². The quantitative estimate of drug-likeness (QED) is 0.495. The molecule has 1 aromatic rings. The van der Waals surface area contributed by atoms with Crippen LogP contribution in [0.15, 0.2) is 6.08 Å². The zero-order valence-corrected chi connectivity index (χ0v) is 13.1. The highest BCUT2D eigenvalue weighted by Gasteiger charge is 2.22. The summed E-state index contributed by atoms with van der Waals surface area (Å²) in [6.45, 7) is 8.59. The molecule has 0 aliphatic rings. The number of hydroxylamine groups is 1. The van der Waals surface area contributed by atoms with E-state index in [1.165, 1.54) is 13.2 Å². The molecule has 116 valence electrons. The monoisotopic (exact) mass is 294 g/mol. The Hall–Kier alpha value is -2.08. The smallest absolute Gasteiger partial charge is 0.340 e. The van der Waals surface area contributed by atoms with Crippen LogP contribution in [0, 0.1) is 13.8 Å². The van der Waals surface area contributed by atoms with Crippen LogP contribution in [0.2, 0.25) is 0 Å². The number of ether oxygens (including phenoxy) is 1. The largest absolute Gasteiger partial charge is 0.462 e. The summed E-state index contributed by atoms with van der Waals surface area (Å²) in [4.78, 5) is 28.1. The lowest BCUT2D eigenvalue weighted by atomic mass is 10.1. The predicted molar refractivity (Wildman–Crippen MR) is 79.7 cm³/mol. The number of hydrogen-bond donors (Lipinski definition) is 1. The molecule has 0 saturated heterocycles. The van der Waals surface area contributed by atoms with Crippen LogP contribution in [0.25, 0.3) is 6.08 Å². The first-order valence-corrected chi connectivity index (χ1v) is 6.85. The van der Waals surface area contributed by atoms with Crippen molar-refractivity contribution in [3.63, 3.8) is 0 Å². The average molecular weight is 294 g/mol. The lowest BCUT2D eigenvalue weighted by Gasteiger charge is -2.05. The highest BCUT2D eigenvalue weighted by atomic mass is 16.6. The van der Waals surface area contributed by atoms with Crippen LogP contribution in [-0.4, -0.2) is 30.2 Å². The van der Waals surface area contributed by atoms with Crippen LogP contribution in [0.1, 0.15) is 41.2 Å². The van der Waals surface area contributed by atoms with Crippen molar-refractivity contribution >= 4 is 18.0 Å². The Morgan fingerprint density at radius 3 is 2.43 bits per heavy atom. The Labute approximate surface area is 124 Å². The molecule has 6 nitrogen and oxygen atoms in total. The van der Waals surface area contributed by atoms with Gasteiger partial charge in [-0.3, -0.25) is 9.63 Å². The molecule has 0 aliphatic carbocycles. The van der Waals surface area contributed by atoms with Gasteiger partial charge in [-0.15, -0.1) is 0 Å². The standard InChI is InChI=1S/C15H22N2O4/c1-6-17-10(3)12(8-9-13(18)16-20-5)14(11(17)4)15(19)21-7-2/h8-9H,6-7H2,1-5H3,(H,16,18)/b9-8+. The van der Waals surface area contributed by atoms with Gasteiger partial charge in [0.25, 0.3) is 5.91 Å². The number of amides is 1. The number of nitrogens with one attached hydrogen (secondary N) is 1.